The van der Waals surface area contributed by atoms with Crippen LogP contribution in [0.3, 0.4) is 0 Å². The summed E-state index contributed by atoms with van der Waals surface area (Å²) in [6.45, 7) is 1.94. The molecule has 2 heterocycles. The van der Waals surface area contributed by atoms with E-state index in [1.165, 1.54) is 6.92 Å². The number of hydrogen-bond donors (Lipinski definition) is 0. The van der Waals surface area contributed by atoms with E-state index >= 15 is 0 Å². The topological polar surface area (TPSA) is 63.7 Å². The first-order valence-corrected chi connectivity index (χ1v) is 7.41. The van der Waals surface area contributed by atoms with Crippen LogP contribution in [0.15, 0.2) is 30.3 Å². The molecule has 3 atom stereocenters. The van der Waals surface area contributed by atoms with Gasteiger partial charge >= 0.3 is 11.9 Å². The number of rotatable bonds is 0. The molecule has 4 rings (SSSR count). The van der Waals surface area contributed by atoms with E-state index < -0.39 is 23.8 Å². The summed E-state index contributed by atoms with van der Waals surface area (Å²) in [5.74, 6) is -1.99. The van der Waals surface area contributed by atoms with Gasteiger partial charge in [-0.2, -0.15) is 0 Å². The van der Waals surface area contributed by atoms with Gasteiger partial charge in [-0.3, -0.25) is 14.4 Å². The van der Waals surface area contributed by atoms with Gasteiger partial charge in [0.05, 0.1) is 17.5 Å². The van der Waals surface area contributed by atoms with Crippen LogP contribution in [0.1, 0.15) is 18.9 Å². The normalized spacial score (nSPS) is 29.2. The molecule has 5 nitrogen and oxygen atoms in total. The van der Waals surface area contributed by atoms with Gasteiger partial charge in [0, 0.05) is 24.9 Å². The monoisotopic (exact) mass is 297 g/mol. The van der Waals surface area contributed by atoms with Crippen LogP contribution in [0.4, 0.5) is 5.69 Å². The number of carbonyl (C=O) groups is 3. The van der Waals surface area contributed by atoms with Crippen molar-refractivity contribution in [2.75, 3.05) is 11.4 Å². The zero-order valence-electron chi connectivity index (χ0n) is 12.1. The van der Waals surface area contributed by atoms with Crippen LogP contribution in [0, 0.1) is 17.8 Å². The lowest BCUT2D eigenvalue weighted by molar-refractivity contribution is -0.154. The fraction of sp³-hybridized carbons (Fsp3) is 0.353. The number of fused-ring (bicyclic) bond motifs is 5. The lowest BCUT2D eigenvalue weighted by atomic mass is 9.69. The molecule has 0 spiro atoms. The van der Waals surface area contributed by atoms with Gasteiger partial charge in [-0.25, -0.2) is 0 Å². The maximum absolute atomic E-state index is 12.1. The van der Waals surface area contributed by atoms with Crippen LogP contribution < -0.4 is 4.90 Å². The predicted octanol–water partition coefficient (Wildman–Crippen LogP) is 1.77. The average molecular weight is 297 g/mol. The maximum Gasteiger partial charge on any atom is 0.318 e. The number of allylic oxidation sites excluding steroid dienone is 1. The lowest BCUT2D eigenvalue weighted by Crippen LogP contribution is -2.44. The Morgan fingerprint density at radius 2 is 1.95 bits per heavy atom. The van der Waals surface area contributed by atoms with Gasteiger partial charge in [0.2, 0.25) is 5.91 Å². The highest BCUT2D eigenvalue weighted by molar-refractivity contribution is 6.02. The van der Waals surface area contributed by atoms with Crippen molar-refractivity contribution in [3.05, 3.63) is 35.9 Å². The molecule has 112 valence electrons. The van der Waals surface area contributed by atoms with E-state index in [0.717, 1.165) is 16.8 Å². The molecule has 5 heteroatoms. The van der Waals surface area contributed by atoms with Crippen LogP contribution in [-0.2, 0) is 19.1 Å². The molecule has 0 unspecified atom stereocenters. The van der Waals surface area contributed by atoms with Crippen molar-refractivity contribution in [3.8, 4) is 0 Å². The van der Waals surface area contributed by atoms with Crippen LogP contribution in [0.5, 0.6) is 0 Å². The highest BCUT2D eigenvalue weighted by Crippen LogP contribution is 2.49. The van der Waals surface area contributed by atoms with Gasteiger partial charge < -0.3 is 9.64 Å². The zero-order chi connectivity index (χ0) is 15.4. The van der Waals surface area contributed by atoms with Crippen molar-refractivity contribution in [2.24, 2.45) is 17.8 Å². The number of anilines is 1. The van der Waals surface area contributed by atoms with E-state index in [1.807, 2.05) is 30.3 Å². The predicted molar refractivity (Wildman–Crippen MR) is 78.6 cm³/mol. The molecular weight excluding hydrogens is 282 g/mol. The standard InChI is InChI=1S/C17H15NO4/c1-9(19)18-8-13-10(11-4-2-3-5-14(11)18)6-7-12-15(13)17(21)22-16(12)20/h2-6,12-13,15H,7-8H2,1H3/t12-,13+,15-/m0/s1. The van der Waals surface area contributed by atoms with E-state index in [0.29, 0.717) is 13.0 Å². The third-order valence-corrected chi connectivity index (χ3v) is 4.90. The van der Waals surface area contributed by atoms with Gasteiger partial charge in [-0.05, 0) is 18.1 Å². The van der Waals surface area contributed by atoms with Crippen LogP contribution in [-0.4, -0.2) is 24.4 Å². The molecule has 22 heavy (non-hydrogen) atoms. The Morgan fingerprint density at radius 1 is 1.18 bits per heavy atom. The molecule has 3 aliphatic rings. The SMILES string of the molecule is CC(=O)N1C[C@@H]2C(=CC[C@@H]3C(=O)OC(=O)[C@@H]32)c2ccccc21. The summed E-state index contributed by atoms with van der Waals surface area (Å²) in [4.78, 5) is 37.6. The first kappa shape index (κ1) is 13.2. The molecule has 0 radical (unpaired) electrons. The number of carbonyl (C=O) groups excluding carboxylic acids is 3. The number of nitrogens with zero attached hydrogens (tertiary/aromatic N) is 1. The summed E-state index contributed by atoms with van der Waals surface area (Å²) in [7, 11) is 0. The van der Waals surface area contributed by atoms with E-state index in [1.54, 1.807) is 4.90 Å². The number of esters is 2. The molecule has 1 fully saturated rings. The van der Waals surface area contributed by atoms with E-state index in [9.17, 15) is 14.4 Å². The second-order valence-corrected chi connectivity index (χ2v) is 6.02. The van der Waals surface area contributed by atoms with Crippen molar-refractivity contribution in [1.82, 2.24) is 0 Å². The fourth-order valence-electron chi connectivity index (χ4n) is 3.91. The van der Waals surface area contributed by atoms with Crippen molar-refractivity contribution in [1.29, 1.82) is 0 Å². The van der Waals surface area contributed by atoms with Crippen molar-refractivity contribution in [2.45, 2.75) is 13.3 Å². The number of benzene rings is 1. The molecule has 0 N–H and O–H groups in total. The third kappa shape index (κ3) is 1.68. The van der Waals surface area contributed by atoms with E-state index in [2.05, 4.69) is 0 Å². The minimum Gasteiger partial charge on any atom is -0.393 e. The summed E-state index contributed by atoms with van der Waals surface area (Å²) >= 11 is 0. The average Bonchev–Trinajstić information content (AvgIpc) is 2.81. The second kappa shape index (κ2) is 4.53. The highest BCUT2D eigenvalue weighted by atomic mass is 16.6. The molecule has 0 aromatic heterocycles. The second-order valence-electron chi connectivity index (χ2n) is 6.02. The molecule has 0 saturated carbocycles. The Bertz CT molecular complexity index is 736. The summed E-state index contributed by atoms with van der Waals surface area (Å²) in [5.41, 5.74) is 2.90. The number of amides is 1. The molecule has 2 aliphatic heterocycles. The minimum atomic E-state index is -0.470. The van der Waals surface area contributed by atoms with Gasteiger partial charge in [-0.1, -0.05) is 24.3 Å². The minimum absolute atomic E-state index is 0.0636. The van der Waals surface area contributed by atoms with Gasteiger partial charge in [0.25, 0.3) is 0 Å². The molecule has 1 amide bonds. The van der Waals surface area contributed by atoms with Gasteiger partial charge in [0.15, 0.2) is 0 Å². The Balaban J connectivity index is 1.86. The van der Waals surface area contributed by atoms with Gasteiger partial charge in [0.1, 0.15) is 0 Å². The fourth-order valence-corrected chi connectivity index (χ4v) is 3.91. The van der Waals surface area contributed by atoms with Crippen molar-refractivity contribution in [3.63, 3.8) is 0 Å². The summed E-state index contributed by atoms with van der Waals surface area (Å²) in [5, 5.41) is 0. The lowest BCUT2D eigenvalue weighted by Gasteiger charge is -2.40. The Kier molecular flexibility index (Phi) is 2.73. The summed E-state index contributed by atoms with van der Waals surface area (Å²) < 4.78 is 4.83. The number of hydrogen-bond acceptors (Lipinski definition) is 4. The maximum atomic E-state index is 12.1. The number of cyclic esters (lactones) is 2. The highest BCUT2D eigenvalue weighted by Gasteiger charge is 2.52. The zero-order valence-corrected chi connectivity index (χ0v) is 12.1. The molecule has 1 aromatic rings. The molecule has 1 aromatic carbocycles. The quantitative estimate of drug-likeness (QED) is 0.541. The molecule has 0 bridgehead atoms. The summed E-state index contributed by atoms with van der Waals surface area (Å²) in [6.07, 6.45) is 2.55. The van der Waals surface area contributed by atoms with Crippen LogP contribution in [0.2, 0.25) is 0 Å². The molecular formula is C17H15NO4. The van der Waals surface area contributed by atoms with Crippen molar-refractivity contribution < 1.29 is 19.1 Å². The number of ether oxygens (including phenoxy) is 1. The molecule has 1 saturated heterocycles. The largest absolute Gasteiger partial charge is 0.393 e. The van der Waals surface area contributed by atoms with Crippen LogP contribution >= 0.6 is 0 Å². The van der Waals surface area contributed by atoms with Gasteiger partial charge in [-0.15, -0.1) is 0 Å². The van der Waals surface area contributed by atoms with Crippen molar-refractivity contribution >= 4 is 29.1 Å². The van der Waals surface area contributed by atoms with E-state index in [-0.39, 0.29) is 11.8 Å². The summed E-state index contributed by atoms with van der Waals surface area (Å²) in [6, 6.07) is 7.70. The number of para-hydroxylation sites is 1. The first-order chi connectivity index (χ1) is 10.6. The Hall–Kier alpha value is -2.43. The smallest absolute Gasteiger partial charge is 0.318 e. The van der Waals surface area contributed by atoms with Crippen LogP contribution in [0.25, 0.3) is 5.57 Å². The Labute approximate surface area is 127 Å². The third-order valence-electron chi connectivity index (χ3n) is 4.90. The first-order valence-electron chi connectivity index (χ1n) is 7.41. The Morgan fingerprint density at radius 3 is 2.73 bits per heavy atom. The van der Waals surface area contributed by atoms with E-state index in [4.69, 9.17) is 4.74 Å². The molecule has 1 aliphatic carbocycles.